The van der Waals surface area contributed by atoms with Gasteiger partial charge < -0.3 is 14.9 Å². The van der Waals surface area contributed by atoms with Gasteiger partial charge in [-0.2, -0.15) is 8.78 Å². The minimum absolute atomic E-state index is 0.0364. The first kappa shape index (κ1) is 16.4. The SMILES string of the molecule is CCCCC(O)C(F)(F)/C=C/[C@@H]1[C@H]2CC(=O)O[C@H]2C[C@H]1O. The molecule has 120 valence electrons. The van der Waals surface area contributed by atoms with E-state index in [0.717, 1.165) is 6.42 Å². The van der Waals surface area contributed by atoms with Crippen molar-refractivity contribution in [2.24, 2.45) is 11.8 Å². The molecule has 2 aliphatic rings. The summed E-state index contributed by atoms with van der Waals surface area (Å²) in [7, 11) is 0. The molecule has 0 bridgehead atoms. The molecule has 0 aromatic rings. The monoisotopic (exact) mass is 304 g/mol. The molecule has 2 fully saturated rings. The third-order valence-electron chi connectivity index (χ3n) is 4.39. The van der Waals surface area contributed by atoms with Crippen LogP contribution in [-0.2, 0) is 9.53 Å². The van der Waals surface area contributed by atoms with Crippen LogP contribution in [0.5, 0.6) is 0 Å². The number of aliphatic hydroxyl groups excluding tert-OH is 2. The fourth-order valence-electron chi connectivity index (χ4n) is 3.13. The van der Waals surface area contributed by atoms with Gasteiger partial charge in [0.25, 0.3) is 5.92 Å². The Morgan fingerprint density at radius 1 is 1.52 bits per heavy atom. The second-order valence-electron chi connectivity index (χ2n) is 5.97. The molecule has 1 unspecified atom stereocenters. The number of ether oxygens (including phenoxy) is 1. The highest BCUT2D eigenvalue weighted by Crippen LogP contribution is 2.42. The van der Waals surface area contributed by atoms with Gasteiger partial charge in [-0.05, 0) is 12.5 Å². The molecule has 0 radical (unpaired) electrons. The Labute approximate surface area is 122 Å². The maximum absolute atomic E-state index is 13.8. The van der Waals surface area contributed by atoms with Gasteiger partial charge in [0.05, 0.1) is 12.5 Å². The first-order chi connectivity index (χ1) is 9.85. The molecule has 0 aromatic heterocycles. The molecule has 21 heavy (non-hydrogen) atoms. The summed E-state index contributed by atoms with van der Waals surface area (Å²) in [6.45, 7) is 1.87. The molecule has 4 nitrogen and oxygen atoms in total. The lowest BCUT2D eigenvalue weighted by Crippen LogP contribution is -2.32. The van der Waals surface area contributed by atoms with Crippen molar-refractivity contribution in [2.45, 2.75) is 63.3 Å². The van der Waals surface area contributed by atoms with Crippen LogP contribution in [0.1, 0.15) is 39.0 Å². The lowest BCUT2D eigenvalue weighted by Gasteiger charge is -2.21. The number of carbonyl (C=O) groups is 1. The number of hydrogen-bond acceptors (Lipinski definition) is 4. The summed E-state index contributed by atoms with van der Waals surface area (Å²) in [6, 6.07) is 0. The molecular formula is C15H22F2O4. The van der Waals surface area contributed by atoms with Crippen LogP contribution < -0.4 is 0 Å². The first-order valence-corrected chi connectivity index (χ1v) is 7.48. The average Bonchev–Trinajstić information content (AvgIpc) is 2.88. The van der Waals surface area contributed by atoms with Crippen molar-refractivity contribution in [3.8, 4) is 0 Å². The highest BCUT2D eigenvalue weighted by Gasteiger charge is 2.49. The van der Waals surface area contributed by atoms with Crippen molar-refractivity contribution < 1.29 is 28.5 Å². The van der Waals surface area contributed by atoms with Gasteiger partial charge in [0.1, 0.15) is 12.2 Å². The van der Waals surface area contributed by atoms with Gasteiger partial charge in [-0.25, -0.2) is 0 Å². The zero-order valence-corrected chi connectivity index (χ0v) is 12.0. The van der Waals surface area contributed by atoms with Crippen molar-refractivity contribution in [2.75, 3.05) is 0 Å². The van der Waals surface area contributed by atoms with Gasteiger partial charge in [0.15, 0.2) is 0 Å². The Balaban J connectivity index is 2.00. The van der Waals surface area contributed by atoms with E-state index in [4.69, 9.17) is 4.74 Å². The van der Waals surface area contributed by atoms with E-state index in [-0.39, 0.29) is 37.3 Å². The number of unbranched alkanes of at least 4 members (excludes halogenated alkanes) is 1. The molecule has 1 heterocycles. The van der Waals surface area contributed by atoms with Crippen molar-refractivity contribution in [3.05, 3.63) is 12.2 Å². The van der Waals surface area contributed by atoms with Crippen LogP contribution in [-0.4, -0.2) is 40.4 Å². The van der Waals surface area contributed by atoms with Crippen molar-refractivity contribution >= 4 is 5.97 Å². The Bertz CT molecular complexity index is 410. The van der Waals surface area contributed by atoms with Crippen LogP contribution in [0.2, 0.25) is 0 Å². The number of rotatable bonds is 6. The maximum Gasteiger partial charge on any atom is 0.306 e. The van der Waals surface area contributed by atoms with Gasteiger partial charge >= 0.3 is 5.97 Å². The molecule has 1 saturated carbocycles. The smallest absolute Gasteiger partial charge is 0.306 e. The Kier molecular flexibility index (Phi) is 4.99. The largest absolute Gasteiger partial charge is 0.462 e. The fraction of sp³-hybridized carbons (Fsp3) is 0.800. The van der Waals surface area contributed by atoms with Gasteiger partial charge in [-0.15, -0.1) is 0 Å². The number of fused-ring (bicyclic) bond motifs is 1. The Morgan fingerprint density at radius 2 is 2.24 bits per heavy atom. The predicted octanol–water partition coefficient (Wildman–Crippen LogP) is 2.04. The Morgan fingerprint density at radius 3 is 2.90 bits per heavy atom. The second kappa shape index (κ2) is 6.40. The molecule has 2 rings (SSSR count). The predicted molar refractivity (Wildman–Crippen MR) is 71.7 cm³/mol. The number of alkyl halides is 2. The summed E-state index contributed by atoms with van der Waals surface area (Å²) in [5.74, 6) is -4.43. The molecular weight excluding hydrogens is 282 g/mol. The molecule has 1 aliphatic carbocycles. The second-order valence-corrected chi connectivity index (χ2v) is 5.97. The minimum atomic E-state index is -3.32. The summed E-state index contributed by atoms with van der Waals surface area (Å²) in [5.41, 5.74) is 0. The number of hydrogen-bond donors (Lipinski definition) is 2. The summed E-state index contributed by atoms with van der Waals surface area (Å²) in [5, 5.41) is 19.4. The molecule has 0 amide bonds. The summed E-state index contributed by atoms with van der Waals surface area (Å²) in [6.07, 6.45) is 0.785. The van der Waals surface area contributed by atoms with Crippen LogP contribution >= 0.6 is 0 Å². The van der Waals surface area contributed by atoms with E-state index in [9.17, 15) is 23.8 Å². The van der Waals surface area contributed by atoms with E-state index >= 15 is 0 Å². The summed E-state index contributed by atoms with van der Waals surface area (Å²) < 4.78 is 32.7. The molecule has 6 heteroatoms. The van der Waals surface area contributed by atoms with Crippen LogP contribution in [0, 0.1) is 11.8 Å². The van der Waals surface area contributed by atoms with Crippen LogP contribution in [0.15, 0.2) is 12.2 Å². The fourth-order valence-corrected chi connectivity index (χ4v) is 3.13. The summed E-state index contributed by atoms with van der Waals surface area (Å²) in [4.78, 5) is 11.2. The van der Waals surface area contributed by atoms with E-state index in [1.165, 1.54) is 6.08 Å². The van der Waals surface area contributed by atoms with Crippen LogP contribution in [0.4, 0.5) is 8.78 Å². The van der Waals surface area contributed by atoms with Crippen molar-refractivity contribution in [1.29, 1.82) is 0 Å². The van der Waals surface area contributed by atoms with E-state index < -0.39 is 24.0 Å². The molecule has 5 atom stereocenters. The molecule has 1 aliphatic heterocycles. The van der Waals surface area contributed by atoms with Gasteiger partial charge in [-0.3, -0.25) is 4.79 Å². The highest BCUT2D eigenvalue weighted by atomic mass is 19.3. The standard InChI is InChI=1S/C15H22F2O4/c1-2-3-4-13(19)15(16,17)6-5-9-10-7-14(20)21-12(10)8-11(9)18/h5-6,9-13,18-19H,2-4,7-8H2,1H3/b6-5+/t9-,10-,11-,12+,13?/m1/s1. The van der Waals surface area contributed by atoms with E-state index in [1.54, 1.807) is 0 Å². The number of carbonyl (C=O) groups excluding carboxylic acids is 1. The molecule has 1 saturated heterocycles. The lowest BCUT2D eigenvalue weighted by molar-refractivity contribution is -0.141. The topological polar surface area (TPSA) is 66.8 Å². The van der Waals surface area contributed by atoms with E-state index in [2.05, 4.69) is 0 Å². The first-order valence-electron chi connectivity index (χ1n) is 7.48. The Hall–Kier alpha value is -1.01. The van der Waals surface area contributed by atoms with Gasteiger partial charge in [0.2, 0.25) is 0 Å². The van der Waals surface area contributed by atoms with Crippen LogP contribution in [0.25, 0.3) is 0 Å². The van der Waals surface area contributed by atoms with Crippen molar-refractivity contribution in [3.63, 3.8) is 0 Å². The third-order valence-corrected chi connectivity index (χ3v) is 4.39. The third kappa shape index (κ3) is 3.61. The van der Waals surface area contributed by atoms with Crippen LogP contribution in [0.3, 0.4) is 0 Å². The lowest BCUT2D eigenvalue weighted by atomic mass is 9.91. The number of aliphatic hydroxyl groups is 2. The molecule has 0 spiro atoms. The summed E-state index contributed by atoms with van der Waals surface area (Å²) >= 11 is 0. The normalized spacial score (nSPS) is 34.2. The average molecular weight is 304 g/mol. The zero-order chi connectivity index (χ0) is 15.6. The van der Waals surface area contributed by atoms with E-state index in [0.29, 0.717) is 12.5 Å². The van der Waals surface area contributed by atoms with Crippen molar-refractivity contribution in [1.82, 2.24) is 0 Å². The van der Waals surface area contributed by atoms with E-state index in [1.807, 2.05) is 6.92 Å². The maximum atomic E-state index is 13.8. The van der Waals surface area contributed by atoms with Gasteiger partial charge in [0, 0.05) is 18.3 Å². The number of esters is 1. The minimum Gasteiger partial charge on any atom is -0.462 e. The molecule has 0 aromatic carbocycles. The quantitative estimate of drug-likeness (QED) is 0.582. The zero-order valence-electron chi connectivity index (χ0n) is 12.0. The van der Waals surface area contributed by atoms with Gasteiger partial charge in [-0.1, -0.05) is 25.8 Å². The highest BCUT2D eigenvalue weighted by molar-refractivity contribution is 5.72. The number of halogens is 2. The molecule has 2 N–H and O–H groups in total.